The fraction of sp³-hybridized carbons (Fsp3) is 1.00. The summed E-state index contributed by atoms with van der Waals surface area (Å²) in [5.41, 5.74) is 0.268. The molecule has 0 amide bonds. The highest BCUT2D eigenvalue weighted by atomic mass is 15.2. The zero-order valence-electron chi connectivity index (χ0n) is 13.0. The topological polar surface area (TPSA) is 15.3 Å². The first-order valence-corrected chi connectivity index (χ1v) is 7.86. The Kier molecular flexibility index (Phi) is 4.38. The smallest absolute Gasteiger partial charge is 0.0136 e. The molecule has 1 heterocycles. The number of nitrogens with zero attached hydrogens (tertiary/aromatic N) is 1. The molecule has 4 atom stereocenters. The summed E-state index contributed by atoms with van der Waals surface area (Å²) in [4.78, 5) is 2.78. The number of likely N-dealkylation sites (tertiary alicyclic amines) is 1. The van der Waals surface area contributed by atoms with E-state index in [0.717, 1.165) is 23.8 Å². The predicted octanol–water partition coefficient (Wildman–Crippen LogP) is 3.13. The summed E-state index contributed by atoms with van der Waals surface area (Å²) in [6.45, 7) is 15.5. The van der Waals surface area contributed by atoms with Gasteiger partial charge in [-0.25, -0.2) is 0 Å². The Morgan fingerprint density at radius 2 is 1.78 bits per heavy atom. The van der Waals surface area contributed by atoms with Gasteiger partial charge in [-0.3, -0.25) is 4.90 Å². The summed E-state index contributed by atoms with van der Waals surface area (Å²) in [5.74, 6) is 2.70. The molecule has 0 aromatic rings. The summed E-state index contributed by atoms with van der Waals surface area (Å²) in [6.07, 6.45) is 4.25. The molecule has 106 valence electrons. The monoisotopic (exact) mass is 252 g/mol. The van der Waals surface area contributed by atoms with E-state index in [1.54, 1.807) is 0 Å². The van der Waals surface area contributed by atoms with Crippen molar-refractivity contribution in [1.82, 2.24) is 10.2 Å². The maximum Gasteiger partial charge on any atom is 0.0136 e. The third-order valence-corrected chi connectivity index (χ3v) is 5.11. The maximum absolute atomic E-state index is 3.69. The van der Waals surface area contributed by atoms with Gasteiger partial charge < -0.3 is 5.32 Å². The Bertz CT molecular complexity index is 269. The number of hydrogen-bond acceptors (Lipinski definition) is 2. The first-order chi connectivity index (χ1) is 8.37. The van der Waals surface area contributed by atoms with Crippen LogP contribution in [0.25, 0.3) is 0 Å². The average molecular weight is 252 g/mol. The Morgan fingerprint density at radius 3 is 2.28 bits per heavy atom. The van der Waals surface area contributed by atoms with E-state index in [0.29, 0.717) is 0 Å². The van der Waals surface area contributed by atoms with Crippen molar-refractivity contribution < 1.29 is 0 Å². The molecule has 0 spiro atoms. The Labute approximate surface area is 114 Å². The van der Waals surface area contributed by atoms with Gasteiger partial charge in [0, 0.05) is 18.1 Å². The van der Waals surface area contributed by atoms with Gasteiger partial charge in [-0.1, -0.05) is 13.8 Å². The minimum atomic E-state index is 0.268. The molecule has 1 aliphatic carbocycles. The third-order valence-electron chi connectivity index (χ3n) is 5.11. The Hall–Kier alpha value is -0.0800. The Morgan fingerprint density at radius 1 is 1.06 bits per heavy atom. The number of piperidine rings is 1. The van der Waals surface area contributed by atoms with E-state index in [9.17, 15) is 0 Å². The van der Waals surface area contributed by atoms with E-state index in [4.69, 9.17) is 0 Å². The highest BCUT2D eigenvalue weighted by Crippen LogP contribution is 2.35. The number of hydrogen-bond donors (Lipinski definition) is 1. The van der Waals surface area contributed by atoms with Crippen molar-refractivity contribution in [3.8, 4) is 0 Å². The molecule has 0 aromatic carbocycles. The third kappa shape index (κ3) is 3.48. The minimum absolute atomic E-state index is 0.268. The van der Waals surface area contributed by atoms with Crippen LogP contribution in [0.15, 0.2) is 0 Å². The highest BCUT2D eigenvalue weighted by Gasteiger charge is 2.38. The van der Waals surface area contributed by atoms with Crippen LogP contribution >= 0.6 is 0 Å². The van der Waals surface area contributed by atoms with Gasteiger partial charge in [-0.05, 0) is 70.9 Å². The lowest BCUT2D eigenvalue weighted by Crippen LogP contribution is -2.55. The quantitative estimate of drug-likeness (QED) is 0.830. The largest absolute Gasteiger partial charge is 0.312 e. The van der Waals surface area contributed by atoms with Crippen LogP contribution in [0, 0.1) is 17.8 Å². The zero-order chi connectivity index (χ0) is 13.3. The van der Waals surface area contributed by atoms with Gasteiger partial charge in [0.15, 0.2) is 0 Å². The van der Waals surface area contributed by atoms with Crippen molar-refractivity contribution in [3.05, 3.63) is 0 Å². The van der Waals surface area contributed by atoms with E-state index in [2.05, 4.69) is 44.8 Å². The van der Waals surface area contributed by atoms with E-state index in [-0.39, 0.29) is 5.54 Å². The van der Waals surface area contributed by atoms with Crippen LogP contribution in [-0.4, -0.2) is 36.1 Å². The average Bonchev–Trinajstić information content (AvgIpc) is 2.20. The second-order valence-electron chi connectivity index (χ2n) is 7.77. The van der Waals surface area contributed by atoms with E-state index >= 15 is 0 Å². The number of nitrogens with one attached hydrogen (secondary N) is 1. The second kappa shape index (κ2) is 5.50. The van der Waals surface area contributed by atoms with Crippen molar-refractivity contribution in [2.45, 2.75) is 65.5 Å². The van der Waals surface area contributed by atoms with Gasteiger partial charge in [-0.2, -0.15) is 0 Å². The van der Waals surface area contributed by atoms with Crippen molar-refractivity contribution in [2.24, 2.45) is 17.8 Å². The van der Waals surface area contributed by atoms with Crippen LogP contribution in [0.5, 0.6) is 0 Å². The van der Waals surface area contributed by atoms with Crippen molar-refractivity contribution in [3.63, 3.8) is 0 Å². The minimum Gasteiger partial charge on any atom is -0.312 e. The second-order valence-corrected chi connectivity index (χ2v) is 7.77. The molecular weight excluding hydrogens is 220 g/mol. The van der Waals surface area contributed by atoms with Crippen LogP contribution in [0.2, 0.25) is 0 Å². The molecule has 1 N–H and O–H groups in total. The van der Waals surface area contributed by atoms with E-state index in [1.165, 1.54) is 38.9 Å². The Balaban J connectivity index is 1.79. The SMILES string of the molecule is CC1CCN(C2CCC2CNC(C)(C)C)CC1C. The highest BCUT2D eigenvalue weighted by molar-refractivity contribution is 4.93. The first kappa shape index (κ1) is 14.3. The van der Waals surface area contributed by atoms with E-state index in [1.807, 2.05) is 0 Å². The fourth-order valence-corrected chi connectivity index (χ4v) is 3.30. The number of rotatable bonds is 3. The standard InChI is InChI=1S/C16H32N2/c1-12-8-9-18(11-13(12)2)15-7-6-14(15)10-17-16(3,4)5/h12-15,17H,6-11H2,1-5H3. The van der Waals surface area contributed by atoms with Crippen LogP contribution in [0.4, 0.5) is 0 Å². The van der Waals surface area contributed by atoms with Gasteiger partial charge in [0.1, 0.15) is 0 Å². The molecule has 1 saturated heterocycles. The molecule has 2 rings (SSSR count). The lowest BCUT2D eigenvalue weighted by Gasteiger charge is -2.49. The molecule has 0 radical (unpaired) electrons. The molecular formula is C16H32N2. The van der Waals surface area contributed by atoms with Gasteiger partial charge >= 0.3 is 0 Å². The van der Waals surface area contributed by atoms with Gasteiger partial charge in [0.05, 0.1) is 0 Å². The van der Waals surface area contributed by atoms with Gasteiger partial charge in [0.2, 0.25) is 0 Å². The first-order valence-electron chi connectivity index (χ1n) is 7.86. The fourth-order valence-electron chi connectivity index (χ4n) is 3.30. The predicted molar refractivity (Wildman–Crippen MR) is 78.8 cm³/mol. The molecule has 4 unspecified atom stereocenters. The molecule has 0 aromatic heterocycles. The van der Waals surface area contributed by atoms with Gasteiger partial charge in [0.25, 0.3) is 0 Å². The molecule has 1 aliphatic heterocycles. The summed E-state index contributed by atoms with van der Waals surface area (Å²) in [7, 11) is 0. The summed E-state index contributed by atoms with van der Waals surface area (Å²) < 4.78 is 0. The maximum atomic E-state index is 3.69. The van der Waals surface area contributed by atoms with Crippen LogP contribution in [0.1, 0.15) is 53.9 Å². The van der Waals surface area contributed by atoms with Crippen LogP contribution < -0.4 is 5.32 Å². The molecule has 2 heteroatoms. The molecule has 2 fully saturated rings. The summed E-state index contributed by atoms with van der Waals surface area (Å²) in [6, 6.07) is 0.870. The lowest BCUT2D eigenvalue weighted by atomic mass is 9.76. The lowest BCUT2D eigenvalue weighted by molar-refractivity contribution is 0.0141. The van der Waals surface area contributed by atoms with Gasteiger partial charge in [-0.15, -0.1) is 0 Å². The molecule has 2 aliphatic rings. The van der Waals surface area contributed by atoms with Crippen molar-refractivity contribution >= 4 is 0 Å². The van der Waals surface area contributed by atoms with Crippen LogP contribution in [-0.2, 0) is 0 Å². The summed E-state index contributed by atoms with van der Waals surface area (Å²) in [5, 5.41) is 3.69. The molecule has 2 nitrogen and oxygen atoms in total. The zero-order valence-corrected chi connectivity index (χ0v) is 13.0. The molecule has 18 heavy (non-hydrogen) atoms. The molecule has 0 bridgehead atoms. The van der Waals surface area contributed by atoms with E-state index < -0.39 is 0 Å². The summed E-state index contributed by atoms with van der Waals surface area (Å²) >= 11 is 0. The molecule has 1 saturated carbocycles. The normalized spacial score (nSPS) is 38.5. The van der Waals surface area contributed by atoms with Crippen molar-refractivity contribution in [2.75, 3.05) is 19.6 Å². The van der Waals surface area contributed by atoms with Crippen LogP contribution in [0.3, 0.4) is 0 Å². The van der Waals surface area contributed by atoms with Crippen molar-refractivity contribution in [1.29, 1.82) is 0 Å².